The van der Waals surface area contributed by atoms with Gasteiger partial charge in [-0.05, 0) is 68.4 Å². The average molecular weight is 1080 g/mol. The molecule has 0 spiro atoms. The fraction of sp³-hybridized carbons (Fsp3) is 0.500. The molecule has 4 saturated heterocycles. The Balaban J connectivity index is 0.000000252. The van der Waals surface area contributed by atoms with Crippen LogP contribution < -0.4 is 26.2 Å². The molecule has 21 heteroatoms. The van der Waals surface area contributed by atoms with Crippen molar-refractivity contribution in [1.29, 1.82) is 0 Å². The van der Waals surface area contributed by atoms with Crippen LogP contribution in [0.4, 0.5) is 59.2 Å². The van der Waals surface area contributed by atoms with Crippen molar-refractivity contribution in [3.8, 4) is 0 Å². The van der Waals surface area contributed by atoms with Gasteiger partial charge in [0.25, 0.3) is 6.43 Å². The molecule has 14 nitrogen and oxygen atoms in total. The van der Waals surface area contributed by atoms with E-state index in [4.69, 9.17) is 15.2 Å². The van der Waals surface area contributed by atoms with Gasteiger partial charge in [0.1, 0.15) is 17.2 Å². The van der Waals surface area contributed by atoms with Crippen LogP contribution in [0.3, 0.4) is 0 Å². The smallest absolute Gasteiger partial charge is 0.303 e. The predicted octanol–water partition coefficient (Wildman–Crippen LogP) is 10.9. The second-order valence-electron chi connectivity index (χ2n) is 18.3. The van der Waals surface area contributed by atoms with Gasteiger partial charge in [0.15, 0.2) is 0 Å². The first-order valence-electron chi connectivity index (χ1n) is 26.4. The van der Waals surface area contributed by atoms with E-state index in [2.05, 4.69) is 50.6 Å². The van der Waals surface area contributed by atoms with Crippen LogP contribution in [0.15, 0.2) is 79.1 Å². The third-order valence-corrected chi connectivity index (χ3v) is 13.4. The van der Waals surface area contributed by atoms with Gasteiger partial charge in [-0.25, -0.2) is 17.6 Å². The van der Waals surface area contributed by atoms with Crippen molar-refractivity contribution in [2.75, 3.05) is 112 Å². The molecule has 6 heterocycles. The molecule has 0 bridgehead atoms. The van der Waals surface area contributed by atoms with Crippen molar-refractivity contribution in [1.82, 2.24) is 30.2 Å². The number of nitrogens with two attached hydrogens (primary N) is 1. The number of rotatable bonds is 11. The van der Waals surface area contributed by atoms with Crippen LogP contribution in [0.1, 0.15) is 84.1 Å². The number of fused-ring (bicyclic) bond motifs is 4. The normalized spacial score (nSPS) is 17.6. The molecule has 2 unspecified atom stereocenters. The van der Waals surface area contributed by atoms with E-state index in [-0.39, 0.29) is 29.9 Å². The Bertz CT molecular complexity index is 2790. The second kappa shape index (κ2) is 29.0. The summed E-state index contributed by atoms with van der Waals surface area (Å²) < 4.78 is 106. The van der Waals surface area contributed by atoms with E-state index in [9.17, 15) is 31.4 Å². The zero-order chi connectivity index (χ0) is 56.5. The van der Waals surface area contributed by atoms with Gasteiger partial charge in [-0.3, -0.25) is 14.2 Å². The summed E-state index contributed by atoms with van der Waals surface area (Å²) in [5.74, 6) is -5.75. The minimum Gasteiger partial charge on any atom is -0.399 e. The van der Waals surface area contributed by atoms with Crippen LogP contribution in [0, 0.1) is 11.6 Å². The van der Waals surface area contributed by atoms with E-state index < -0.39 is 40.7 Å². The summed E-state index contributed by atoms with van der Waals surface area (Å²) in [6.45, 7) is 24.3. The Labute approximate surface area is 448 Å². The number of halogens is 7. The summed E-state index contributed by atoms with van der Waals surface area (Å²) >= 11 is 0. The van der Waals surface area contributed by atoms with E-state index in [1.54, 1.807) is 12.4 Å². The van der Waals surface area contributed by atoms with E-state index in [0.29, 0.717) is 41.7 Å². The number of alkyl halides is 5. The van der Waals surface area contributed by atoms with Crippen molar-refractivity contribution >= 4 is 50.2 Å². The molecule has 10 rings (SSSR count). The quantitative estimate of drug-likeness (QED) is 0.0719. The van der Waals surface area contributed by atoms with Gasteiger partial charge >= 0.3 is 5.92 Å². The highest BCUT2D eigenvalue weighted by Gasteiger charge is 2.49. The van der Waals surface area contributed by atoms with E-state index >= 15 is 4.39 Å². The van der Waals surface area contributed by atoms with Gasteiger partial charge in [-0.15, -0.1) is 0 Å². The Morgan fingerprint density at radius 1 is 0.662 bits per heavy atom. The second-order valence-corrected chi connectivity index (χ2v) is 18.3. The average Bonchev–Trinajstić information content (AvgIpc) is 3.46. The summed E-state index contributed by atoms with van der Waals surface area (Å²) in [7, 11) is 0.500. The van der Waals surface area contributed by atoms with Crippen molar-refractivity contribution in [2.45, 2.75) is 98.5 Å². The van der Waals surface area contributed by atoms with Crippen molar-refractivity contribution < 1.29 is 45.3 Å². The van der Waals surface area contributed by atoms with E-state index in [0.717, 1.165) is 127 Å². The Hall–Kier alpha value is -6.13. The highest BCUT2D eigenvalue weighted by atomic mass is 19.3. The Morgan fingerprint density at radius 2 is 1.14 bits per heavy atom. The van der Waals surface area contributed by atoms with Crippen molar-refractivity contribution in [2.24, 2.45) is 0 Å². The molecule has 4 aromatic carbocycles. The summed E-state index contributed by atoms with van der Waals surface area (Å²) in [6, 6.07) is 18.8. The lowest BCUT2D eigenvalue weighted by atomic mass is 9.92. The summed E-state index contributed by atoms with van der Waals surface area (Å²) in [5.41, 5.74) is 6.71. The molecule has 5 N–H and O–H groups in total. The molecular formula is C56H76F7N11O3. The van der Waals surface area contributed by atoms with Gasteiger partial charge in [0, 0.05) is 104 Å². The van der Waals surface area contributed by atoms with Gasteiger partial charge in [-0.2, -0.15) is 29.2 Å². The zero-order valence-electron chi connectivity index (χ0n) is 45.7. The summed E-state index contributed by atoms with van der Waals surface area (Å²) in [4.78, 5) is 9.57. The molecular weight excluding hydrogens is 1010 g/mol. The SMILES string of the molecule is CC.CC.CC.CC(C)(O)C(F)(F)c1cccc(CNc2cnnc3ccc(N4CCN5CCOCC5C4)cc23)c1F.CF.Nc1cc(CNc2cnnc3ccc(N4CCN5CCOCC5C4)cc23)c(F)c(C(F)F)c1. The predicted molar refractivity (Wildman–Crippen MR) is 294 cm³/mol. The van der Waals surface area contributed by atoms with Crippen molar-refractivity contribution in [3.05, 3.63) is 113 Å². The first-order chi connectivity index (χ1) is 37.1. The molecule has 0 amide bonds. The van der Waals surface area contributed by atoms with Gasteiger partial charge in [0.05, 0.1) is 91.6 Å². The highest BCUT2D eigenvalue weighted by Crippen LogP contribution is 2.41. The fourth-order valence-electron chi connectivity index (χ4n) is 9.42. The molecule has 4 aliphatic rings. The van der Waals surface area contributed by atoms with Crippen LogP contribution in [0.25, 0.3) is 21.8 Å². The maximum Gasteiger partial charge on any atom is 0.303 e. The van der Waals surface area contributed by atoms with Crippen LogP contribution >= 0.6 is 0 Å². The maximum atomic E-state index is 15.1. The van der Waals surface area contributed by atoms with Gasteiger partial charge < -0.3 is 40.7 Å². The molecule has 2 atom stereocenters. The van der Waals surface area contributed by atoms with Crippen LogP contribution in [0.2, 0.25) is 0 Å². The molecule has 77 heavy (non-hydrogen) atoms. The molecule has 2 aromatic heterocycles. The number of anilines is 5. The number of piperazine rings is 2. The zero-order valence-corrected chi connectivity index (χ0v) is 45.7. The maximum absolute atomic E-state index is 15.1. The number of aromatic nitrogens is 4. The minimum atomic E-state index is -3.75. The lowest BCUT2D eigenvalue weighted by molar-refractivity contribution is -0.170. The van der Waals surface area contributed by atoms with Crippen molar-refractivity contribution in [3.63, 3.8) is 0 Å². The number of nitrogens with zero attached hydrogens (tertiary/aromatic N) is 8. The van der Waals surface area contributed by atoms with E-state index in [1.165, 1.54) is 18.2 Å². The van der Waals surface area contributed by atoms with Crippen LogP contribution in [-0.4, -0.2) is 139 Å². The first kappa shape index (κ1) is 61.7. The van der Waals surface area contributed by atoms with Crippen LogP contribution in [0.5, 0.6) is 0 Å². The highest BCUT2D eigenvalue weighted by molar-refractivity contribution is 5.94. The number of morpholine rings is 2. The number of ether oxygens (including phenoxy) is 2. The summed E-state index contributed by atoms with van der Waals surface area (Å²) in [6.07, 6.45) is 0.164. The number of nitrogens with one attached hydrogen (secondary N) is 2. The largest absolute Gasteiger partial charge is 0.399 e. The number of hydrogen-bond donors (Lipinski definition) is 4. The molecule has 0 aliphatic carbocycles. The first-order valence-corrected chi connectivity index (χ1v) is 26.4. The third kappa shape index (κ3) is 14.9. The Morgan fingerprint density at radius 3 is 1.61 bits per heavy atom. The molecule has 0 radical (unpaired) electrons. The monoisotopic (exact) mass is 1080 g/mol. The van der Waals surface area contributed by atoms with Gasteiger partial charge in [0.2, 0.25) is 0 Å². The third-order valence-electron chi connectivity index (χ3n) is 13.4. The number of hydrogen-bond acceptors (Lipinski definition) is 14. The van der Waals surface area contributed by atoms with Gasteiger partial charge in [-0.1, -0.05) is 53.7 Å². The Kier molecular flexibility index (Phi) is 23.3. The molecule has 422 valence electrons. The number of benzene rings is 4. The fourth-order valence-corrected chi connectivity index (χ4v) is 9.42. The number of nitrogen functional groups attached to an aromatic ring is 1. The lowest BCUT2D eigenvalue weighted by Gasteiger charge is -2.44. The molecule has 6 aromatic rings. The lowest BCUT2D eigenvalue weighted by Crippen LogP contribution is -2.58. The molecule has 4 aliphatic heterocycles. The van der Waals surface area contributed by atoms with Crippen LogP contribution in [-0.2, 0) is 28.5 Å². The minimum absolute atomic E-state index is 0.0142. The standard InChI is InChI=1S/C26H30F3N5O2.C23H25F3N6O.3C2H6.CH3F/c1-25(2,35)26(28,29)21-5-3-4-17(24(21)27)13-30-23-14-31-32-22-7-6-18(12-20(22)23)34-9-8-33-10-11-36-16-19(33)15-34;24-22-14(7-15(27)8-19(22)23(25)26)10-28-21-11-29-30-20-2-1-16(9-18(20)21)32-4-3-31-5-6-33-13-17(31)12-32;4*1-2/h3-7,12,14,19,35H,8-11,13,15-16H2,1-2H3,(H,30,32);1-2,7-9,11,17,23H,3-6,10,12-13,27H2,(H,28,30);3*1-2H3;1H3. The number of aliphatic hydroxyl groups is 1. The molecule has 4 fully saturated rings. The summed E-state index contributed by atoms with van der Waals surface area (Å²) in [5, 5.41) is 34.2. The topological polar surface area (TPSA) is 153 Å². The molecule has 0 saturated carbocycles. The van der Waals surface area contributed by atoms with E-state index in [1.807, 2.05) is 77.9 Å².